The lowest BCUT2D eigenvalue weighted by Crippen LogP contribution is -2.47. The number of sulfonamides is 1. The predicted molar refractivity (Wildman–Crippen MR) is 128 cm³/mol. The van der Waals surface area contributed by atoms with Gasteiger partial charge in [-0.15, -0.1) is 5.10 Å². The molecule has 0 aliphatic heterocycles. The van der Waals surface area contributed by atoms with Crippen molar-refractivity contribution in [3.8, 4) is 11.3 Å². The van der Waals surface area contributed by atoms with Crippen LogP contribution in [0.3, 0.4) is 0 Å². The number of aromatic nitrogens is 3. The van der Waals surface area contributed by atoms with Crippen LogP contribution in [0.4, 0.5) is 0 Å². The summed E-state index contributed by atoms with van der Waals surface area (Å²) >= 11 is 0. The molecule has 2 rings (SSSR count). The van der Waals surface area contributed by atoms with Crippen LogP contribution in [-0.2, 0) is 35.7 Å². The smallest absolute Gasteiger partial charge is 0.326 e. The van der Waals surface area contributed by atoms with E-state index in [9.17, 15) is 37.8 Å². The van der Waals surface area contributed by atoms with Gasteiger partial charge >= 0.3 is 11.9 Å². The zero-order valence-electron chi connectivity index (χ0n) is 19.7. The number of nitrogens with zero attached hydrogens (tertiary/aromatic N) is 3. The minimum atomic E-state index is -3.84. The summed E-state index contributed by atoms with van der Waals surface area (Å²) < 4.78 is 24.0. The number of carboxylic acids is 2. The maximum absolute atomic E-state index is 12.3. The maximum atomic E-state index is 12.3. The molecule has 202 valence electrons. The molecule has 37 heavy (non-hydrogen) atoms. The van der Waals surface area contributed by atoms with Crippen molar-refractivity contribution in [3.05, 3.63) is 30.5 Å². The number of carbonyl (C=O) groups excluding carboxylic acids is 2. The highest BCUT2D eigenvalue weighted by Gasteiger charge is 2.26. The molecule has 0 radical (unpaired) electrons. The number of benzene rings is 1. The van der Waals surface area contributed by atoms with Crippen LogP contribution < -0.4 is 21.5 Å². The summed E-state index contributed by atoms with van der Waals surface area (Å²) in [7, 11) is -3.84. The zero-order valence-corrected chi connectivity index (χ0v) is 20.6. The van der Waals surface area contributed by atoms with Crippen LogP contribution in [0, 0.1) is 0 Å². The van der Waals surface area contributed by atoms with E-state index in [4.69, 9.17) is 10.9 Å². The fraction of sp³-hybridized carbons (Fsp3) is 0.429. The van der Waals surface area contributed by atoms with Crippen LogP contribution in [0.1, 0.15) is 32.1 Å². The molecule has 16 heteroatoms. The highest BCUT2D eigenvalue weighted by Crippen LogP contribution is 2.18. The van der Waals surface area contributed by atoms with Gasteiger partial charge in [0.1, 0.15) is 17.8 Å². The number of amides is 2. The van der Waals surface area contributed by atoms with Crippen LogP contribution in [0.5, 0.6) is 0 Å². The number of nitrogens with one attached hydrogen (secondary N) is 2. The largest absolute Gasteiger partial charge is 0.480 e. The van der Waals surface area contributed by atoms with Gasteiger partial charge in [-0.05, 0) is 37.9 Å². The molecular formula is C21H29N7O8S. The second-order valence-corrected chi connectivity index (χ2v) is 9.65. The van der Waals surface area contributed by atoms with Gasteiger partial charge in [0.05, 0.1) is 24.1 Å². The molecule has 2 amide bonds. The summed E-state index contributed by atoms with van der Waals surface area (Å²) in [4.78, 5) is 47.3. The maximum Gasteiger partial charge on any atom is 0.326 e. The van der Waals surface area contributed by atoms with E-state index in [1.165, 1.54) is 35.1 Å². The summed E-state index contributed by atoms with van der Waals surface area (Å²) in [6, 6.07) is 2.87. The molecule has 15 nitrogen and oxygen atoms in total. The highest BCUT2D eigenvalue weighted by atomic mass is 32.2. The lowest BCUT2D eigenvalue weighted by molar-refractivity contribution is -0.144. The number of hydrogen-bond donors (Lipinski definition) is 6. The first-order chi connectivity index (χ1) is 17.4. The van der Waals surface area contributed by atoms with E-state index in [2.05, 4.69) is 20.9 Å². The number of aryl methyl sites for hydroxylation is 1. The van der Waals surface area contributed by atoms with E-state index in [1.54, 1.807) is 0 Å². The molecule has 0 saturated heterocycles. The average molecular weight is 540 g/mol. The number of primary sulfonamides is 1. The Morgan fingerprint density at radius 2 is 1.59 bits per heavy atom. The summed E-state index contributed by atoms with van der Waals surface area (Å²) in [5.41, 5.74) is 6.34. The van der Waals surface area contributed by atoms with E-state index >= 15 is 0 Å². The van der Waals surface area contributed by atoms with Gasteiger partial charge < -0.3 is 26.6 Å². The first-order valence-electron chi connectivity index (χ1n) is 11.2. The Balaban J connectivity index is 1.90. The lowest BCUT2D eigenvalue weighted by atomic mass is 10.1. The van der Waals surface area contributed by atoms with Crippen molar-refractivity contribution in [2.24, 2.45) is 10.9 Å². The van der Waals surface area contributed by atoms with Crippen molar-refractivity contribution >= 4 is 33.8 Å². The fourth-order valence-corrected chi connectivity index (χ4v) is 3.74. The first-order valence-corrected chi connectivity index (χ1v) is 12.7. The summed E-state index contributed by atoms with van der Waals surface area (Å²) in [5.74, 6) is -4.21. The Bertz CT molecular complexity index is 1210. The van der Waals surface area contributed by atoms with Crippen LogP contribution in [0.2, 0.25) is 0 Å². The van der Waals surface area contributed by atoms with Gasteiger partial charge in [0, 0.05) is 12.0 Å². The van der Waals surface area contributed by atoms with Gasteiger partial charge in [-0.1, -0.05) is 17.3 Å². The van der Waals surface area contributed by atoms with Crippen LogP contribution in [0.15, 0.2) is 35.4 Å². The minimum absolute atomic E-state index is 0.0366. The number of aliphatic carboxylic acids is 2. The standard InChI is InChI=1S/C21H29N7O8S/c22-9-2-1-3-15(20(31)32)24-19(30)11-16(21(33)34)25-18(29)8-10-28-12-17(26-27-28)13-4-6-14(7-5-13)37(23,35)36/h4-7,12,15-16H,1-3,8-11,22H2,(H,24,30)(H,25,29)(H,31,32)(H,33,34)(H2,23,35,36)/t15-,16-/m1/s1. The second-order valence-electron chi connectivity index (χ2n) is 8.09. The van der Waals surface area contributed by atoms with E-state index in [0.717, 1.165) is 0 Å². The van der Waals surface area contributed by atoms with Crippen molar-refractivity contribution < 1.29 is 37.8 Å². The summed E-state index contributed by atoms with van der Waals surface area (Å²) in [5, 5.41) is 36.0. The normalized spacial score (nSPS) is 12.9. The number of hydrogen-bond acceptors (Lipinski definition) is 9. The molecule has 1 aromatic heterocycles. The summed E-state index contributed by atoms with van der Waals surface area (Å²) in [6.07, 6.45) is 1.86. The first kappa shape index (κ1) is 29.3. The minimum Gasteiger partial charge on any atom is -0.480 e. The zero-order chi connectivity index (χ0) is 27.6. The molecule has 2 aromatic rings. The van der Waals surface area contributed by atoms with Gasteiger partial charge in [-0.2, -0.15) is 0 Å². The SMILES string of the molecule is NCCCC[C@@H](NC(=O)C[C@@H](NC(=O)CCn1cc(-c2ccc(S(N)(=O)=O)cc2)nn1)C(=O)O)C(=O)O. The number of rotatable bonds is 15. The highest BCUT2D eigenvalue weighted by molar-refractivity contribution is 7.89. The van der Waals surface area contributed by atoms with Gasteiger partial charge in [-0.25, -0.2) is 23.1 Å². The van der Waals surface area contributed by atoms with Gasteiger partial charge in [0.2, 0.25) is 21.8 Å². The molecule has 2 atom stereocenters. The Morgan fingerprint density at radius 3 is 2.16 bits per heavy atom. The van der Waals surface area contributed by atoms with E-state index in [1.807, 2.05) is 0 Å². The number of carboxylic acid groups (broad SMARTS) is 2. The van der Waals surface area contributed by atoms with E-state index in [-0.39, 0.29) is 24.3 Å². The Morgan fingerprint density at radius 1 is 0.973 bits per heavy atom. The van der Waals surface area contributed by atoms with Crippen LogP contribution in [0.25, 0.3) is 11.3 Å². The van der Waals surface area contributed by atoms with Gasteiger partial charge in [0.15, 0.2) is 0 Å². The van der Waals surface area contributed by atoms with Crippen molar-refractivity contribution in [2.45, 2.75) is 55.6 Å². The molecule has 0 bridgehead atoms. The number of unbranched alkanes of at least 4 members (excludes halogenated alkanes) is 1. The van der Waals surface area contributed by atoms with Gasteiger partial charge in [0.25, 0.3) is 0 Å². The van der Waals surface area contributed by atoms with Crippen LogP contribution in [-0.4, -0.2) is 76.0 Å². The second kappa shape index (κ2) is 13.4. The summed E-state index contributed by atoms with van der Waals surface area (Å²) in [6.45, 7) is 0.409. The fourth-order valence-electron chi connectivity index (χ4n) is 3.23. The molecule has 1 heterocycles. The molecular weight excluding hydrogens is 510 g/mol. The Hall–Kier alpha value is -3.89. The average Bonchev–Trinajstić information content (AvgIpc) is 3.30. The molecule has 8 N–H and O–H groups in total. The van der Waals surface area contributed by atoms with Crippen molar-refractivity contribution in [1.29, 1.82) is 0 Å². The molecule has 0 fully saturated rings. The topological polar surface area (TPSA) is 250 Å². The molecule has 0 aliphatic rings. The molecule has 1 aromatic carbocycles. The van der Waals surface area contributed by atoms with Gasteiger partial charge in [-0.3, -0.25) is 14.3 Å². The van der Waals surface area contributed by atoms with E-state index in [0.29, 0.717) is 30.6 Å². The molecule has 0 saturated carbocycles. The van der Waals surface area contributed by atoms with E-state index < -0.39 is 52.3 Å². The quantitative estimate of drug-likeness (QED) is 0.144. The van der Waals surface area contributed by atoms with Crippen molar-refractivity contribution in [1.82, 2.24) is 25.6 Å². The Labute approximate surface area is 212 Å². The third-order valence-corrected chi connectivity index (χ3v) is 6.12. The van der Waals surface area contributed by atoms with Crippen molar-refractivity contribution in [2.75, 3.05) is 6.54 Å². The molecule has 0 unspecified atom stereocenters. The predicted octanol–water partition coefficient (Wildman–Crippen LogP) is -1.36. The molecule has 0 aliphatic carbocycles. The third-order valence-electron chi connectivity index (χ3n) is 5.19. The Kier molecular flexibility index (Phi) is 10.6. The lowest BCUT2D eigenvalue weighted by Gasteiger charge is -2.17. The van der Waals surface area contributed by atoms with Crippen LogP contribution >= 0.6 is 0 Å². The molecule has 0 spiro atoms. The number of nitrogens with two attached hydrogens (primary N) is 2. The van der Waals surface area contributed by atoms with Crippen molar-refractivity contribution in [3.63, 3.8) is 0 Å². The third kappa shape index (κ3) is 9.59. The monoisotopic (exact) mass is 539 g/mol. The number of carbonyl (C=O) groups is 4.